The van der Waals surface area contributed by atoms with Gasteiger partial charge >= 0.3 is 0 Å². The van der Waals surface area contributed by atoms with E-state index in [2.05, 4.69) is 6.58 Å². The Morgan fingerprint density at radius 1 is 1.62 bits per heavy atom. The number of carbonyl (C=O) groups is 1. The van der Waals surface area contributed by atoms with Crippen LogP contribution in [0.4, 0.5) is 0 Å². The van der Waals surface area contributed by atoms with Crippen molar-refractivity contribution in [1.82, 2.24) is 0 Å². The van der Waals surface area contributed by atoms with Gasteiger partial charge in [-0.2, -0.15) is 0 Å². The van der Waals surface area contributed by atoms with Crippen molar-refractivity contribution in [3.63, 3.8) is 0 Å². The van der Waals surface area contributed by atoms with Gasteiger partial charge in [-0.05, 0) is 20.3 Å². The SMILES string of the molecule is C=C/C(C)=C/[C@@]1(C)SC(=O)C(CCC)=C1O. The number of aliphatic hydroxyl groups excluding tert-OH is 1. The first-order valence-corrected chi connectivity index (χ1v) is 6.24. The van der Waals surface area contributed by atoms with Gasteiger partial charge in [0, 0.05) is 5.57 Å². The zero-order chi connectivity index (χ0) is 12.3. The van der Waals surface area contributed by atoms with Crippen LogP contribution in [0.1, 0.15) is 33.6 Å². The van der Waals surface area contributed by atoms with Crippen LogP contribution in [-0.2, 0) is 4.79 Å². The molecule has 0 aromatic heterocycles. The Balaban J connectivity index is 3.10. The lowest BCUT2D eigenvalue weighted by Gasteiger charge is -2.18. The maximum Gasteiger partial charge on any atom is 0.220 e. The van der Waals surface area contributed by atoms with Crippen molar-refractivity contribution in [2.75, 3.05) is 0 Å². The fourth-order valence-electron chi connectivity index (χ4n) is 1.76. The molecular weight excluding hydrogens is 220 g/mol. The van der Waals surface area contributed by atoms with Crippen LogP contribution in [0.5, 0.6) is 0 Å². The third-order valence-electron chi connectivity index (χ3n) is 2.63. The third kappa shape index (κ3) is 2.40. The molecule has 3 heteroatoms. The van der Waals surface area contributed by atoms with Gasteiger partial charge in [0.1, 0.15) is 5.76 Å². The average molecular weight is 238 g/mol. The van der Waals surface area contributed by atoms with Gasteiger partial charge in [0.2, 0.25) is 5.12 Å². The van der Waals surface area contributed by atoms with Crippen molar-refractivity contribution in [2.45, 2.75) is 38.4 Å². The summed E-state index contributed by atoms with van der Waals surface area (Å²) < 4.78 is -0.611. The van der Waals surface area contributed by atoms with E-state index < -0.39 is 4.75 Å². The van der Waals surface area contributed by atoms with Crippen LogP contribution in [0.15, 0.2) is 35.6 Å². The van der Waals surface area contributed by atoms with Gasteiger partial charge in [-0.15, -0.1) is 0 Å². The highest BCUT2D eigenvalue weighted by molar-refractivity contribution is 8.16. The van der Waals surface area contributed by atoms with Crippen LogP contribution < -0.4 is 0 Å². The molecule has 0 radical (unpaired) electrons. The Kier molecular flexibility index (Phi) is 4.03. The van der Waals surface area contributed by atoms with E-state index in [0.717, 1.165) is 12.0 Å². The fourth-order valence-corrected chi connectivity index (χ4v) is 2.93. The summed E-state index contributed by atoms with van der Waals surface area (Å²) in [5, 5.41) is 10.1. The molecule has 0 aliphatic carbocycles. The lowest BCUT2D eigenvalue weighted by Crippen LogP contribution is -2.17. The Morgan fingerprint density at radius 2 is 2.25 bits per heavy atom. The molecular formula is C13H18O2S. The topological polar surface area (TPSA) is 37.3 Å². The Morgan fingerprint density at radius 3 is 2.75 bits per heavy atom. The molecule has 1 heterocycles. The van der Waals surface area contributed by atoms with Crippen LogP contribution in [0.2, 0.25) is 0 Å². The minimum Gasteiger partial charge on any atom is -0.510 e. The monoisotopic (exact) mass is 238 g/mol. The van der Waals surface area contributed by atoms with E-state index in [1.807, 2.05) is 26.8 Å². The van der Waals surface area contributed by atoms with Gasteiger partial charge in [-0.25, -0.2) is 0 Å². The highest BCUT2D eigenvalue weighted by Gasteiger charge is 2.41. The molecule has 0 bridgehead atoms. The van der Waals surface area contributed by atoms with Crippen LogP contribution in [0, 0.1) is 0 Å². The minimum atomic E-state index is -0.611. The zero-order valence-corrected chi connectivity index (χ0v) is 10.9. The molecule has 2 nitrogen and oxygen atoms in total. The van der Waals surface area contributed by atoms with Crippen molar-refractivity contribution < 1.29 is 9.90 Å². The van der Waals surface area contributed by atoms with Crippen molar-refractivity contribution in [3.05, 3.63) is 35.6 Å². The Labute approximate surface area is 101 Å². The summed E-state index contributed by atoms with van der Waals surface area (Å²) in [6.07, 6.45) is 5.13. The molecule has 1 aliphatic rings. The summed E-state index contributed by atoms with van der Waals surface area (Å²) in [5.41, 5.74) is 1.54. The predicted molar refractivity (Wildman–Crippen MR) is 69.5 cm³/mol. The number of hydrogen-bond acceptors (Lipinski definition) is 3. The predicted octanol–water partition coefficient (Wildman–Crippen LogP) is 3.76. The molecule has 0 saturated carbocycles. The molecule has 0 aromatic rings. The number of allylic oxidation sites excluding steroid dienone is 2. The van der Waals surface area contributed by atoms with Crippen LogP contribution in [0.3, 0.4) is 0 Å². The molecule has 0 spiro atoms. The van der Waals surface area contributed by atoms with Crippen molar-refractivity contribution in [1.29, 1.82) is 0 Å². The van der Waals surface area contributed by atoms with Gasteiger partial charge in [0.05, 0.1) is 4.75 Å². The lowest BCUT2D eigenvalue weighted by molar-refractivity contribution is -0.108. The normalized spacial score (nSPS) is 26.4. The first-order valence-electron chi connectivity index (χ1n) is 5.42. The molecule has 1 rings (SSSR count). The molecule has 0 saturated heterocycles. The van der Waals surface area contributed by atoms with E-state index >= 15 is 0 Å². The smallest absolute Gasteiger partial charge is 0.220 e. The standard InChI is InChI=1S/C13H18O2S/c1-5-7-10-11(14)13(4,16-12(10)15)8-9(3)6-2/h6,8,14H,2,5,7H2,1,3-4H3/b9-8+/t13-/m1/s1. The van der Waals surface area contributed by atoms with Crippen LogP contribution >= 0.6 is 11.8 Å². The molecule has 0 aromatic carbocycles. The summed E-state index contributed by atoms with van der Waals surface area (Å²) in [4.78, 5) is 11.8. The first-order chi connectivity index (χ1) is 7.44. The fraction of sp³-hybridized carbons (Fsp3) is 0.462. The van der Waals surface area contributed by atoms with Crippen molar-refractivity contribution in [3.8, 4) is 0 Å². The molecule has 0 fully saturated rings. The molecule has 1 aliphatic heterocycles. The second kappa shape index (κ2) is 4.91. The van der Waals surface area contributed by atoms with Gasteiger partial charge in [0.25, 0.3) is 0 Å². The van der Waals surface area contributed by atoms with Gasteiger partial charge in [-0.3, -0.25) is 4.79 Å². The number of rotatable bonds is 4. The highest BCUT2D eigenvalue weighted by Crippen LogP contribution is 2.45. The number of thioether (sulfide) groups is 1. The van der Waals surface area contributed by atoms with E-state index in [1.165, 1.54) is 11.8 Å². The molecule has 1 N–H and O–H groups in total. The first kappa shape index (κ1) is 13.1. The molecule has 0 unspecified atom stereocenters. The van der Waals surface area contributed by atoms with Crippen molar-refractivity contribution in [2.24, 2.45) is 0 Å². The number of aliphatic hydroxyl groups is 1. The maximum absolute atomic E-state index is 11.8. The van der Waals surface area contributed by atoms with Gasteiger partial charge in [-0.1, -0.05) is 49.4 Å². The van der Waals surface area contributed by atoms with Crippen LogP contribution in [-0.4, -0.2) is 15.0 Å². The summed E-state index contributed by atoms with van der Waals surface area (Å²) in [6.45, 7) is 9.44. The molecule has 1 atom stereocenters. The number of carbonyl (C=O) groups excluding carboxylic acids is 1. The summed E-state index contributed by atoms with van der Waals surface area (Å²) >= 11 is 1.18. The third-order valence-corrected chi connectivity index (χ3v) is 3.80. The van der Waals surface area contributed by atoms with E-state index in [-0.39, 0.29) is 10.9 Å². The van der Waals surface area contributed by atoms with E-state index in [0.29, 0.717) is 12.0 Å². The van der Waals surface area contributed by atoms with Gasteiger partial charge in [0.15, 0.2) is 0 Å². The number of hydrogen-bond donors (Lipinski definition) is 1. The van der Waals surface area contributed by atoms with E-state index in [9.17, 15) is 9.90 Å². The summed E-state index contributed by atoms with van der Waals surface area (Å²) in [5.74, 6) is 0.213. The summed E-state index contributed by atoms with van der Waals surface area (Å²) in [6, 6.07) is 0. The Hall–Kier alpha value is -0.960. The Bertz CT molecular complexity index is 379. The maximum atomic E-state index is 11.8. The quantitative estimate of drug-likeness (QED) is 0.758. The van der Waals surface area contributed by atoms with E-state index in [1.54, 1.807) is 6.08 Å². The molecule has 16 heavy (non-hydrogen) atoms. The lowest BCUT2D eigenvalue weighted by atomic mass is 10.00. The second-order valence-corrected chi connectivity index (χ2v) is 5.59. The minimum absolute atomic E-state index is 0.00466. The highest BCUT2D eigenvalue weighted by atomic mass is 32.2. The summed E-state index contributed by atoms with van der Waals surface area (Å²) in [7, 11) is 0. The largest absolute Gasteiger partial charge is 0.510 e. The van der Waals surface area contributed by atoms with Gasteiger partial charge < -0.3 is 5.11 Å². The zero-order valence-electron chi connectivity index (χ0n) is 10.0. The molecule has 0 amide bonds. The van der Waals surface area contributed by atoms with Crippen LogP contribution in [0.25, 0.3) is 0 Å². The van der Waals surface area contributed by atoms with E-state index in [4.69, 9.17) is 0 Å². The average Bonchev–Trinajstić information content (AvgIpc) is 2.42. The molecule has 88 valence electrons. The second-order valence-electron chi connectivity index (χ2n) is 4.17. The van der Waals surface area contributed by atoms with Crippen molar-refractivity contribution >= 4 is 16.9 Å².